The molecule has 2 saturated heterocycles. The van der Waals surface area contributed by atoms with Crippen LogP contribution < -0.4 is 20.3 Å². The Morgan fingerprint density at radius 1 is 1.22 bits per heavy atom. The number of benzene rings is 1. The highest BCUT2D eigenvalue weighted by atomic mass is 16.5. The van der Waals surface area contributed by atoms with Gasteiger partial charge in [-0.15, -0.1) is 0 Å². The number of aliphatic hydroxyl groups is 1. The summed E-state index contributed by atoms with van der Waals surface area (Å²) in [6, 6.07) is 9.36. The van der Waals surface area contributed by atoms with Crippen molar-refractivity contribution in [1.29, 1.82) is 0 Å². The fourth-order valence-electron chi connectivity index (χ4n) is 5.25. The average Bonchev–Trinajstić information content (AvgIpc) is 3.59. The molecule has 3 atom stereocenters. The quantitative estimate of drug-likeness (QED) is 0.458. The van der Waals surface area contributed by atoms with Gasteiger partial charge in [-0.2, -0.15) is 0 Å². The van der Waals surface area contributed by atoms with Gasteiger partial charge in [0.15, 0.2) is 5.82 Å². The number of ether oxygens (including phenoxy) is 2. The molecule has 9 heteroatoms. The van der Waals surface area contributed by atoms with Crippen LogP contribution in [0.1, 0.15) is 31.7 Å². The largest absolute Gasteiger partial charge is 0.491 e. The van der Waals surface area contributed by atoms with Crippen molar-refractivity contribution in [2.24, 2.45) is 0 Å². The molecular formula is C27H40N6O3. The number of hydrogen-bond acceptors (Lipinski definition) is 9. The van der Waals surface area contributed by atoms with Crippen molar-refractivity contribution >= 4 is 11.6 Å². The molecule has 1 aromatic carbocycles. The lowest BCUT2D eigenvalue weighted by Crippen LogP contribution is -2.53. The first kappa shape index (κ1) is 25.2. The van der Waals surface area contributed by atoms with E-state index in [-0.39, 0.29) is 12.6 Å². The summed E-state index contributed by atoms with van der Waals surface area (Å²) in [7, 11) is 1.81. The van der Waals surface area contributed by atoms with Crippen molar-refractivity contribution < 1.29 is 14.6 Å². The molecule has 0 spiro atoms. The van der Waals surface area contributed by atoms with Crippen molar-refractivity contribution in [1.82, 2.24) is 20.2 Å². The highest BCUT2D eigenvalue weighted by Gasteiger charge is 2.36. The first-order valence-corrected chi connectivity index (χ1v) is 13.3. The molecule has 1 saturated carbocycles. The van der Waals surface area contributed by atoms with Gasteiger partial charge in [0.25, 0.3) is 0 Å². The number of likely N-dealkylation sites (N-methyl/N-ethyl adjacent to an activating group) is 1. The average molecular weight is 497 g/mol. The van der Waals surface area contributed by atoms with Crippen molar-refractivity contribution in [3.05, 3.63) is 29.8 Å². The predicted octanol–water partition coefficient (Wildman–Crippen LogP) is 2.28. The standard InChI is InChI=1S/C27H40N6O3/c1-18-15-32(10-11-33(18)22-7-8-22)27-19(2)25(29-21-9-12-35-16-21)30-26(31-27)20-5-4-6-24(13-20)36-17-23(34)14-28-3/h4-6,13,18,21-23,28,34H,7-12,14-17H2,1-3H3,(H,29,30,31). The fourth-order valence-corrected chi connectivity index (χ4v) is 5.25. The highest BCUT2D eigenvalue weighted by Crippen LogP contribution is 2.34. The van der Waals surface area contributed by atoms with Gasteiger partial charge in [0.05, 0.1) is 12.6 Å². The van der Waals surface area contributed by atoms with Gasteiger partial charge >= 0.3 is 0 Å². The molecule has 0 radical (unpaired) electrons. The molecule has 3 heterocycles. The molecule has 1 aliphatic carbocycles. The van der Waals surface area contributed by atoms with E-state index in [2.05, 4.69) is 34.3 Å². The van der Waals surface area contributed by atoms with E-state index in [4.69, 9.17) is 19.4 Å². The molecule has 196 valence electrons. The Kier molecular flexibility index (Phi) is 7.90. The van der Waals surface area contributed by atoms with E-state index in [0.29, 0.717) is 30.8 Å². The molecule has 3 N–H and O–H groups in total. The normalized spacial score (nSPS) is 23.6. The Labute approximate surface area is 214 Å². The minimum atomic E-state index is -0.568. The molecule has 5 rings (SSSR count). The Morgan fingerprint density at radius 2 is 2.08 bits per heavy atom. The zero-order valence-electron chi connectivity index (χ0n) is 21.7. The molecule has 3 aliphatic rings. The number of rotatable bonds is 10. The highest BCUT2D eigenvalue weighted by molar-refractivity contribution is 5.67. The monoisotopic (exact) mass is 496 g/mol. The van der Waals surface area contributed by atoms with Gasteiger partial charge in [-0.3, -0.25) is 4.90 Å². The predicted molar refractivity (Wildman–Crippen MR) is 142 cm³/mol. The molecule has 2 aliphatic heterocycles. The van der Waals surface area contributed by atoms with Crippen LogP contribution in [0.3, 0.4) is 0 Å². The number of aromatic nitrogens is 2. The lowest BCUT2D eigenvalue weighted by Gasteiger charge is -2.41. The summed E-state index contributed by atoms with van der Waals surface area (Å²) in [5, 5.41) is 16.6. The number of piperazine rings is 1. The summed E-state index contributed by atoms with van der Waals surface area (Å²) >= 11 is 0. The second kappa shape index (κ2) is 11.3. The number of hydrogen-bond donors (Lipinski definition) is 3. The number of nitrogens with one attached hydrogen (secondary N) is 2. The third-order valence-electron chi connectivity index (χ3n) is 7.36. The Hall–Kier alpha value is -2.46. The van der Waals surface area contributed by atoms with Crippen LogP contribution in [0.15, 0.2) is 24.3 Å². The minimum Gasteiger partial charge on any atom is -0.491 e. The summed E-state index contributed by atoms with van der Waals surface area (Å²) in [6.07, 6.45) is 3.08. The first-order valence-electron chi connectivity index (χ1n) is 13.3. The van der Waals surface area contributed by atoms with Crippen LogP contribution in [0.5, 0.6) is 5.75 Å². The summed E-state index contributed by atoms with van der Waals surface area (Å²) in [5.74, 6) is 3.24. The molecule has 36 heavy (non-hydrogen) atoms. The van der Waals surface area contributed by atoms with E-state index in [1.165, 1.54) is 12.8 Å². The van der Waals surface area contributed by atoms with Crippen LogP contribution in [0.4, 0.5) is 11.6 Å². The molecule has 2 aromatic rings. The van der Waals surface area contributed by atoms with Crippen LogP contribution in [0.2, 0.25) is 0 Å². The maximum atomic E-state index is 10.0. The molecule has 3 unspecified atom stereocenters. The molecule has 0 amide bonds. The SMILES string of the molecule is CNCC(O)COc1cccc(-c2nc(NC3CCOC3)c(C)c(N3CCN(C4CC4)C(C)C3)n2)c1. The van der Waals surface area contributed by atoms with E-state index >= 15 is 0 Å². The van der Waals surface area contributed by atoms with Gasteiger partial charge in [-0.05, 0) is 52.3 Å². The Morgan fingerprint density at radius 3 is 2.81 bits per heavy atom. The van der Waals surface area contributed by atoms with Crippen LogP contribution in [0, 0.1) is 6.92 Å². The summed E-state index contributed by atoms with van der Waals surface area (Å²) < 4.78 is 11.5. The van der Waals surface area contributed by atoms with Gasteiger partial charge in [-0.25, -0.2) is 9.97 Å². The van der Waals surface area contributed by atoms with Crippen LogP contribution >= 0.6 is 0 Å². The number of anilines is 2. The van der Waals surface area contributed by atoms with Gasteiger partial charge in [0.2, 0.25) is 0 Å². The van der Waals surface area contributed by atoms with Crippen molar-refractivity contribution in [2.45, 2.75) is 57.3 Å². The van der Waals surface area contributed by atoms with Crippen molar-refractivity contribution in [3.8, 4) is 17.1 Å². The Balaban J connectivity index is 1.42. The molecule has 0 bridgehead atoms. The summed E-state index contributed by atoms with van der Waals surface area (Å²) in [4.78, 5) is 15.2. The Bertz CT molecular complexity index is 1030. The van der Waals surface area contributed by atoms with E-state index in [1.807, 2.05) is 31.3 Å². The first-order chi connectivity index (χ1) is 17.5. The zero-order valence-corrected chi connectivity index (χ0v) is 21.7. The lowest BCUT2D eigenvalue weighted by atomic mass is 10.1. The van der Waals surface area contributed by atoms with Gasteiger partial charge < -0.3 is 30.1 Å². The minimum absolute atomic E-state index is 0.224. The molecule has 1 aromatic heterocycles. The third-order valence-corrected chi connectivity index (χ3v) is 7.36. The maximum absolute atomic E-state index is 10.0. The second-order valence-corrected chi connectivity index (χ2v) is 10.4. The van der Waals surface area contributed by atoms with Crippen LogP contribution in [-0.4, -0.2) is 97.3 Å². The van der Waals surface area contributed by atoms with E-state index in [9.17, 15) is 5.11 Å². The molecule has 9 nitrogen and oxygen atoms in total. The molecular weight excluding hydrogens is 456 g/mol. The van der Waals surface area contributed by atoms with Crippen LogP contribution in [-0.2, 0) is 4.74 Å². The smallest absolute Gasteiger partial charge is 0.164 e. The lowest BCUT2D eigenvalue weighted by molar-refractivity contribution is 0.108. The summed E-state index contributed by atoms with van der Waals surface area (Å²) in [6.45, 7) is 9.64. The number of nitrogens with zero attached hydrogens (tertiary/aromatic N) is 4. The summed E-state index contributed by atoms with van der Waals surface area (Å²) in [5.41, 5.74) is 1.98. The topological polar surface area (TPSA) is 95.0 Å². The van der Waals surface area contributed by atoms with E-state index in [1.54, 1.807) is 0 Å². The van der Waals surface area contributed by atoms with E-state index in [0.717, 1.165) is 61.5 Å². The van der Waals surface area contributed by atoms with Gasteiger partial charge in [-0.1, -0.05) is 12.1 Å². The van der Waals surface area contributed by atoms with Gasteiger partial charge in [0, 0.05) is 56.0 Å². The third kappa shape index (κ3) is 5.91. The maximum Gasteiger partial charge on any atom is 0.164 e. The van der Waals surface area contributed by atoms with Crippen molar-refractivity contribution in [2.75, 3.05) is 63.3 Å². The van der Waals surface area contributed by atoms with Crippen molar-refractivity contribution in [3.63, 3.8) is 0 Å². The second-order valence-electron chi connectivity index (χ2n) is 10.4. The number of aliphatic hydroxyl groups excluding tert-OH is 1. The molecule has 3 fully saturated rings. The van der Waals surface area contributed by atoms with Crippen LogP contribution in [0.25, 0.3) is 11.4 Å². The fraction of sp³-hybridized carbons (Fsp3) is 0.630. The van der Waals surface area contributed by atoms with E-state index < -0.39 is 6.10 Å². The van der Waals surface area contributed by atoms with Gasteiger partial charge in [0.1, 0.15) is 30.1 Å². The zero-order chi connectivity index (χ0) is 25.1.